The predicted molar refractivity (Wildman–Crippen MR) is 63.6 cm³/mol. The van der Waals surface area contributed by atoms with Crippen LogP contribution in [0.1, 0.15) is 4.88 Å². The number of rotatable bonds is 1. The average molecular weight is 224 g/mol. The molecule has 0 spiro atoms. The summed E-state index contributed by atoms with van der Waals surface area (Å²) >= 11 is 5.78. The number of aryl methyl sites for hydroxylation is 1. The van der Waals surface area contributed by atoms with Gasteiger partial charge in [-0.05, 0) is 30.5 Å². The number of hydrogen-bond acceptors (Lipinski definition) is 4. The molecule has 14 heavy (non-hydrogen) atoms. The molecule has 5 heteroatoms. The van der Waals surface area contributed by atoms with Gasteiger partial charge in [-0.15, -0.1) is 24.0 Å². The second-order valence-corrected chi connectivity index (χ2v) is 4.96. The van der Waals surface area contributed by atoms with E-state index in [1.807, 2.05) is 19.1 Å². The number of benzene rings is 1. The molecular weight excluding hydrogens is 215 g/mol. The second-order valence-electron chi connectivity index (χ2n) is 3.18. The molecular formula is C9H9BO2S2. The molecule has 2 aromatic rings. The Kier molecular flexibility index (Phi) is 2.57. The van der Waals surface area contributed by atoms with E-state index in [4.69, 9.17) is 0 Å². The van der Waals surface area contributed by atoms with E-state index in [0.717, 1.165) is 19.9 Å². The predicted octanol–water partition coefficient (Wildman–Crippen LogP) is 1.18. The minimum Gasteiger partial charge on any atom is -0.423 e. The van der Waals surface area contributed by atoms with Crippen LogP contribution >= 0.6 is 24.0 Å². The van der Waals surface area contributed by atoms with Crippen LogP contribution in [0.25, 0.3) is 10.1 Å². The lowest BCUT2D eigenvalue weighted by molar-refractivity contribution is 0.426. The topological polar surface area (TPSA) is 40.5 Å². The zero-order valence-corrected chi connectivity index (χ0v) is 9.27. The molecule has 2 N–H and O–H groups in total. The molecule has 0 unspecified atom stereocenters. The molecule has 0 fully saturated rings. The van der Waals surface area contributed by atoms with E-state index in [0.29, 0.717) is 5.46 Å². The summed E-state index contributed by atoms with van der Waals surface area (Å²) in [5, 5.41) is 19.4. The summed E-state index contributed by atoms with van der Waals surface area (Å²) in [4.78, 5) is 1.90. The van der Waals surface area contributed by atoms with Gasteiger partial charge in [0.15, 0.2) is 0 Å². The van der Waals surface area contributed by atoms with Gasteiger partial charge in [0.05, 0.1) is 0 Å². The molecule has 0 atom stereocenters. The van der Waals surface area contributed by atoms with E-state index in [1.54, 1.807) is 17.4 Å². The number of thiophene rings is 1. The third-order valence-electron chi connectivity index (χ3n) is 2.03. The molecule has 0 saturated heterocycles. The van der Waals surface area contributed by atoms with Gasteiger partial charge in [-0.2, -0.15) is 0 Å². The maximum Gasteiger partial charge on any atom is 0.489 e. The van der Waals surface area contributed by atoms with E-state index in [9.17, 15) is 10.0 Å². The summed E-state index contributed by atoms with van der Waals surface area (Å²) in [6, 6.07) is 5.63. The average Bonchev–Trinajstić information content (AvgIpc) is 2.42. The van der Waals surface area contributed by atoms with Crippen LogP contribution in [0.3, 0.4) is 0 Å². The molecule has 0 amide bonds. The Labute approximate surface area is 91.8 Å². The largest absolute Gasteiger partial charge is 0.489 e. The molecule has 0 bridgehead atoms. The molecule has 0 radical (unpaired) electrons. The summed E-state index contributed by atoms with van der Waals surface area (Å²) in [5.74, 6) is 0. The number of hydrogen-bond donors (Lipinski definition) is 3. The smallest absolute Gasteiger partial charge is 0.423 e. The van der Waals surface area contributed by atoms with E-state index in [-0.39, 0.29) is 0 Å². The molecule has 1 heterocycles. The van der Waals surface area contributed by atoms with Gasteiger partial charge >= 0.3 is 7.12 Å². The third-order valence-corrected chi connectivity index (χ3v) is 3.40. The zero-order valence-electron chi connectivity index (χ0n) is 7.56. The summed E-state index contributed by atoms with van der Waals surface area (Å²) in [6.07, 6.45) is 0. The Morgan fingerprint density at radius 2 is 2.00 bits per heavy atom. The molecule has 0 aliphatic carbocycles. The van der Waals surface area contributed by atoms with Crippen molar-refractivity contribution in [1.82, 2.24) is 0 Å². The van der Waals surface area contributed by atoms with Crippen molar-refractivity contribution in [1.29, 1.82) is 0 Å². The van der Waals surface area contributed by atoms with Crippen LogP contribution in [-0.2, 0) is 0 Å². The van der Waals surface area contributed by atoms with Crippen LogP contribution in [0.2, 0.25) is 0 Å². The third kappa shape index (κ3) is 1.68. The lowest BCUT2D eigenvalue weighted by Crippen LogP contribution is -2.30. The Balaban J connectivity index is 2.79. The fraction of sp³-hybridized carbons (Fsp3) is 0.111. The highest BCUT2D eigenvalue weighted by atomic mass is 32.1. The highest BCUT2D eigenvalue weighted by Crippen LogP contribution is 2.25. The molecule has 0 saturated carbocycles. The van der Waals surface area contributed by atoms with Crippen molar-refractivity contribution in [2.75, 3.05) is 0 Å². The van der Waals surface area contributed by atoms with Crippen LogP contribution in [0.4, 0.5) is 0 Å². The minimum atomic E-state index is -1.43. The highest BCUT2D eigenvalue weighted by Gasteiger charge is 2.16. The molecule has 0 aliphatic rings. The first-order chi connectivity index (χ1) is 6.58. The van der Waals surface area contributed by atoms with Crippen molar-refractivity contribution in [3.63, 3.8) is 0 Å². The molecule has 2 rings (SSSR count). The van der Waals surface area contributed by atoms with Crippen molar-refractivity contribution in [2.24, 2.45) is 0 Å². The summed E-state index contributed by atoms with van der Waals surface area (Å²) in [5.41, 5.74) is 0.533. The van der Waals surface area contributed by atoms with Gasteiger partial charge in [0, 0.05) is 19.9 Å². The highest BCUT2D eigenvalue weighted by molar-refractivity contribution is 7.80. The summed E-state index contributed by atoms with van der Waals surface area (Å²) in [7, 11) is -1.43. The zero-order chi connectivity index (χ0) is 10.3. The van der Waals surface area contributed by atoms with Crippen molar-refractivity contribution >= 4 is 46.6 Å². The van der Waals surface area contributed by atoms with Crippen LogP contribution < -0.4 is 5.46 Å². The fourth-order valence-electron chi connectivity index (χ4n) is 1.48. The Morgan fingerprint density at radius 3 is 2.64 bits per heavy atom. The first-order valence-corrected chi connectivity index (χ1v) is 5.43. The monoisotopic (exact) mass is 224 g/mol. The van der Waals surface area contributed by atoms with E-state index >= 15 is 0 Å². The van der Waals surface area contributed by atoms with Crippen molar-refractivity contribution in [3.8, 4) is 0 Å². The lowest BCUT2D eigenvalue weighted by atomic mass is 9.80. The van der Waals surface area contributed by atoms with Gasteiger partial charge in [-0.25, -0.2) is 0 Å². The van der Waals surface area contributed by atoms with E-state index < -0.39 is 7.12 Å². The van der Waals surface area contributed by atoms with Crippen LogP contribution in [0.5, 0.6) is 0 Å². The first-order valence-electron chi connectivity index (χ1n) is 4.17. The SMILES string of the molecule is Cc1cc2cc(S)cc(B(O)O)c2s1. The van der Waals surface area contributed by atoms with Gasteiger partial charge in [0.2, 0.25) is 0 Å². The standard InChI is InChI=1S/C9H9BO2S2/c1-5-2-6-3-7(13)4-8(10(11)12)9(6)14-5/h2-4,11-13H,1H3. The normalized spacial score (nSPS) is 10.9. The molecule has 72 valence electrons. The molecule has 1 aromatic heterocycles. The maximum absolute atomic E-state index is 9.18. The van der Waals surface area contributed by atoms with E-state index in [2.05, 4.69) is 12.6 Å². The van der Waals surface area contributed by atoms with Gasteiger partial charge < -0.3 is 10.0 Å². The van der Waals surface area contributed by atoms with Crippen molar-refractivity contribution in [2.45, 2.75) is 11.8 Å². The van der Waals surface area contributed by atoms with Gasteiger partial charge in [0.25, 0.3) is 0 Å². The van der Waals surface area contributed by atoms with Crippen molar-refractivity contribution in [3.05, 3.63) is 23.1 Å². The second kappa shape index (κ2) is 3.58. The van der Waals surface area contributed by atoms with Crippen molar-refractivity contribution < 1.29 is 10.0 Å². The van der Waals surface area contributed by atoms with Gasteiger partial charge in [0.1, 0.15) is 0 Å². The summed E-state index contributed by atoms with van der Waals surface area (Å²) < 4.78 is 0.926. The summed E-state index contributed by atoms with van der Waals surface area (Å²) in [6.45, 7) is 2.00. The quantitative estimate of drug-likeness (QED) is 0.502. The first kappa shape index (κ1) is 10.0. The lowest BCUT2D eigenvalue weighted by Gasteiger charge is -2.02. The van der Waals surface area contributed by atoms with E-state index in [1.165, 1.54) is 0 Å². The fourth-order valence-corrected chi connectivity index (χ4v) is 2.79. The molecule has 1 aromatic carbocycles. The maximum atomic E-state index is 9.18. The van der Waals surface area contributed by atoms with Crippen LogP contribution in [-0.4, -0.2) is 17.2 Å². The molecule has 2 nitrogen and oxygen atoms in total. The van der Waals surface area contributed by atoms with Crippen LogP contribution in [0, 0.1) is 6.92 Å². The number of fused-ring (bicyclic) bond motifs is 1. The van der Waals surface area contributed by atoms with Gasteiger partial charge in [-0.1, -0.05) is 0 Å². The molecule has 0 aliphatic heterocycles. The Morgan fingerprint density at radius 1 is 1.29 bits per heavy atom. The minimum absolute atomic E-state index is 0.533. The van der Waals surface area contributed by atoms with Gasteiger partial charge in [-0.3, -0.25) is 0 Å². The Hall–Kier alpha value is -0.485. The Bertz CT molecular complexity index is 479. The van der Waals surface area contributed by atoms with Crippen LogP contribution in [0.15, 0.2) is 23.1 Å². The number of thiol groups is 1.